The summed E-state index contributed by atoms with van der Waals surface area (Å²) in [6, 6.07) is 9.94. The SMILES string of the molecule is CC(=N)Sc1ccccc1. The first-order valence-electron chi connectivity index (χ1n) is 3.07. The first-order valence-corrected chi connectivity index (χ1v) is 3.89. The lowest BCUT2D eigenvalue weighted by Crippen LogP contribution is -1.77. The van der Waals surface area contributed by atoms with E-state index in [0.29, 0.717) is 5.04 Å². The van der Waals surface area contributed by atoms with Gasteiger partial charge in [0, 0.05) is 4.90 Å². The van der Waals surface area contributed by atoms with Crippen LogP contribution in [0.1, 0.15) is 6.92 Å². The van der Waals surface area contributed by atoms with Crippen molar-refractivity contribution in [2.45, 2.75) is 11.8 Å². The third kappa shape index (κ3) is 2.23. The van der Waals surface area contributed by atoms with Crippen LogP contribution < -0.4 is 0 Å². The highest BCUT2D eigenvalue weighted by atomic mass is 32.2. The minimum atomic E-state index is 0.631. The van der Waals surface area contributed by atoms with Crippen LogP contribution in [-0.4, -0.2) is 5.04 Å². The first-order chi connectivity index (χ1) is 4.79. The minimum absolute atomic E-state index is 0.631. The molecule has 0 bridgehead atoms. The maximum absolute atomic E-state index is 7.19. The third-order valence-electron chi connectivity index (χ3n) is 1.01. The van der Waals surface area contributed by atoms with Gasteiger partial charge in [-0.05, 0) is 19.1 Å². The molecule has 0 amide bonds. The van der Waals surface area contributed by atoms with Gasteiger partial charge in [0.1, 0.15) is 0 Å². The van der Waals surface area contributed by atoms with Crippen molar-refractivity contribution in [3.05, 3.63) is 30.3 Å². The minimum Gasteiger partial charge on any atom is -0.298 e. The van der Waals surface area contributed by atoms with Gasteiger partial charge >= 0.3 is 0 Å². The predicted octanol–water partition coefficient (Wildman–Crippen LogP) is 2.78. The number of rotatable bonds is 1. The number of benzene rings is 1. The Morgan fingerprint density at radius 1 is 1.30 bits per heavy atom. The van der Waals surface area contributed by atoms with Crippen molar-refractivity contribution in [2.75, 3.05) is 0 Å². The highest BCUT2D eigenvalue weighted by Crippen LogP contribution is 2.16. The summed E-state index contributed by atoms with van der Waals surface area (Å²) in [6.45, 7) is 1.79. The third-order valence-corrected chi connectivity index (χ3v) is 1.83. The second kappa shape index (κ2) is 3.42. The molecule has 52 valence electrons. The summed E-state index contributed by atoms with van der Waals surface area (Å²) in [5.41, 5.74) is 0. The summed E-state index contributed by atoms with van der Waals surface area (Å²) in [7, 11) is 0. The van der Waals surface area contributed by atoms with E-state index in [9.17, 15) is 0 Å². The molecule has 0 aliphatic heterocycles. The molecule has 1 rings (SSSR count). The molecule has 10 heavy (non-hydrogen) atoms. The maximum Gasteiger partial charge on any atom is 0.0658 e. The molecule has 0 saturated heterocycles. The van der Waals surface area contributed by atoms with Crippen LogP contribution in [0, 0.1) is 5.41 Å². The van der Waals surface area contributed by atoms with E-state index in [4.69, 9.17) is 5.41 Å². The van der Waals surface area contributed by atoms with Crippen molar-refractivity contribution < 1.29 is 0 Å². The molecule has 2 heteroatoms. The topological polar surface area (TPSA) is 23.9 Å². The first kappa shape index (κ1) is 7.35. The van der Waals surface area contributed by atoms with Crippen molar-refractivity contribution in [3.8, 4) is 0 Å². The van der Waals surface area contributed by atoms with Gasteiger partial charge in [0.15, 0.2) is 0 Å². The Morgan fingerprint density at radius 2 is 1.90 bits per heavy atom. The highest BCUT2D eigenvalue weighted by molar-refractivity contribution is 8.13. The fourth-order valence-corrected chi connectivity index (χ4v) is 1.31. The molecule has 0 aromatic heterocycles. The Hall–Kier alpha value is -0.760. The number of hydrogen-bond acceptors (Lipinski definition) is 2. The van der Waals surface area contributed by atoms with Gasteiger partial charge in [0.2, 0.25) is 0 Å². The number of hydrogen-bond donors (Lipinski definition) is 1. The van der Waals surface area contributed by atoms with Crippen LogP contribution in [0.3, 0.4) is 0 Å². The molecular weight excluding hydrogens is 142 g/mol. The van der Waals surface area contributed by atoms with Crippen LogP contribution >= 0.6 is 11.8 Å². The van der Waals surface area contributed by atoms with Gasteiger partial charge in [0.05, 0.1) is 5.04 Å². The van der Waals surface area contributed by atoms with E-state index in [2.05, 4.69) is 0 Å². The smallest absolute Gasteiger partial charge is 0.0658 e. The summed E-state index contributed by atoms with van der Waals surface area (Å²) in [4.78, 5) is 1.13. The molecule has 0 aliphatic carbocycles. The lowest BCUT2D eigenvalue weighted by Gasteiger charge is -1.95. The largest absolute Gasteiger partial charge is 0.298 e. The van der Waals surface area contributed by atoms with Gasteiger partial charge in [0.25, 0.3) is 0 Å². The average Bonchev–Trinajstić information content (AvgIpc) is 1.88. The van der Waals surface area contributed by atoms with E-state index in [0.717, 1.165) is 4.90 Å². The van der Waals surface area contributed by atoms with Crippen LogP contribution in [-0.2, 0) is 0 Å². The normalized spacial score (nSPS) is 9.30. The molecule has 1 aromatic rings. The molecule has 0 atom stereocenters. The Kier molecular flexibility index (Phi) is 2.51. The van der Waals surface area contributed by atoms with Crippen molar-refractivity contribution in [1.82, 2.24) is 0 Å². The lowest BCUT2D eigenvalue weighted by atomic mass is 10.4. The number of nitrogens with one attached hydrogen (secondary N) is 1. The molecule has 1 aromatic carbocycles. The van der Waals surface area contributed by atoms with E-state index in [-0.39, 0.29) is 0 Å². The molecule has 1 N–H and O–H groups in total. The zero-order valence-electron chi connectivity index (χ0n) is 5.79. The molecule has 0 spiro atoms. The van der Waals surface area contributed by atoms with Crippen LogP contribution in [0.5, 0.6) is 0 Å². The zero-order chi connectivity index (χ0) is 7.40. The summed E-state index contributed by atoms with van der Waals surface area (Å²) >= 11 is 1.48. The second-order valence-electron chi connectivity index (χ2n) is 1.97. The Bertz CT molecular complexity index is 218. The highest BCUT2D eigenvalue weighted by Gasteiger charge is 1.90. The van der Waals surface area contributed by atoms with Crippen LogP contribution in [0.4, 0.5) is 0 Å². The average molecular weight is 151 g/mol. The number of thioether (sulfide) groups is 1. The standard InChI is InChI=1S/C8H9NS/c1-7(9)10-8-5-3-2-4-6-8/h2-6,9H,1H3. The molecule has 0 fully saturated rings. The van der Waals surface area contributed by atoms with Crippen molar-refractivity contribution >= 4 is 16.8 Å². The molecule has 0 saturated carbocycles. The van der Waals surface area contributed by atoms with E-state index in [1.54, 1.807) is 6.92 Å². The van der Waals surface area contributed by atoms with Crippen LogP contribution in [0.25, 0.3) is 0 Å². The molecule has 0 aliphatic rings. The molecule has 0 radical (unpaired) electrons. The molecular formula is C8H9NS. The lowest BCUT2D eigenvalue weighted by molar-refractivity contribution is 1.46. The van der Waals surface area contributed by atoms with Crippen molar-refractivity contribution in [2.24, 2.45) is 0 Å². The summed E-state index contributed by atoms with van der Waals surface area (Å²) < 4.78 is 0. The fraction of sp³-hybridized carbons (Fsp3) is 0.125. The van der Waals surface area contributed by atoms with Crippen molar-refractivity contribution in [1.29, 1.82) is 5.41 Å². The predicted molar refractivity (Wildman–Crippen MR) is 45.7 cm³/mol. The van der Waals surface area contributed by atoms with Gasteiger partial charge < -0.3 is 0 Å². The summed E-state index contributed by atoms with van der Waals surface area (Å²) in [5.74, 6) is 0. The van der Waals surface area contributed by atoms with Gasteiger partial charge in [-0.15, -0.1) is 0 Å². The fourth-order valence-electron chi connectivity index (χ4n) is 0.665. The second-order valence-corrected chi connectivity index (χ2v) is 3.26. The van der Waals surface area contributed by atoms with E-state index < -0.39 is 0 Å². The van der Waals surface area contributed by atoms with Gasteiger partial charge in [-0.2, -0.15) is 0 Å². The summed E-state index contributed by atoms with van der Waals surface area (Å²) in [5, 5.41) is 7.83. The Morgan fingerprint density at radius 3 is 2.40 bits per heavy atom. The van der Waals surface area contributed by atoms with Gasteiger partial charge in [-0.3, -0.25) is 5.41 Å². The molecule has 0 unspecified atom stereocenters. The summed E-state index contributed by atoms with van der Waals surface area (Å²) in [6.07, 6.45) is 0. The van der Waals surface area contributed by atoms with E-state index in [1.165, 1.54) is 11.8 Å². The Labute approximate surface area is 65.0 Å². The maximum atomic E-state index is 7.19. The van der Waals surface area contributed by atoms with Crippen LogP contribution in [0.15, 0.2) is 35.2 Å². The van der Waals surface area contributed by atoms with Gasteiger partial charge in [-0.1, -0.05) is 30.0 Å². The molecule has 0 heterocycles. The van der Waals surface area contributed by atoms with Gasteiger partial charge in [-0.25, -0.2) is 0 Å². The van der Waals surface area contributed by atoms with Crippen molar-refractivity contribution in [3.63, 3.8) is 0 Å². The quantitative estimate of drug-likeness (QED) is 0.372. The van der Waals surface area contributed by atoms with E-state index in [1.807, 2.05) is 30.3 Å². The van der Waals surface area contributed by atoms with E-state index >= 15 is 0 Å². The Balaban J connectivity index is 2.67. The van der Waals surface area contributed by atoms with Crippen LogP contribution in [0.2, 0.25) is 0 Å². The molecule has 1 nitrogen and oxygen atoms in total. The monoisotopic (exact) mass is 151 g/mol. The zero-order valence-corrected chi connectivity index (χ0v) is 6.61.